The summed E-state index contributed by atoms with van der Waals surface area (Å²) in [7, 11) is 1.48. The molecular formula is C13H23NO2. The minimum absolute atomic E-state index is 0.0533. The Kier molecular flexibility index (Phi) is 3.53. The Balaban J connectivity index is 1.83. The van der Waals surface area contributed by atoms with E-state index in [2.05, 4.69) is 12.2 Å². The third-order valence-corrected chi connectivity index (χ3v) is 4.11. The van der Waals surface area contributed by atoms with Crippen LogP contribution in [0.25, 0.3) is 0 Å². The van der Waals surface area contributed by atoms with Gasteiger partial charge in [0.25, 0.3) is 0 Å². The van der Waals surface area contributed by atoms with Crippen LogP contribution in [0.5, 0.6) is 0 Å². The maximum atomic E-state index is 11.6. The Morgan fingerprint density at radius 3 is 2.56 bits per heavy atom. The third-order valence-electron chi connectivity index (χ3n) is 4.11. The highest BCUT2D eigenvalue weighted by molar-refractivity contribution is 5.76. The molecule has 2 fully saturated rings. The fraction of sp³-hybridized carbons (Fsp3) is 0.923. The SMILES string of the molecule is COC(=O)C(NCC1(C)CCCC1)C1CC1. The van der Waals surface area contributed by atoms with Gasteiger partial charge < -0.3 is 10.1 Å². The molecule has 0 bridgehead atoms. The molecule has 0 radical (unpaired) electrons. The lowest BCUT2D eigenvalue weighted by atomic mass is 9.88. The zero-order valence-corrected chi connectivity index (χ0v) is 10.4. The summed E-state index contributed by atoms with van der Waals surface area (Å²) in [6.07, 6.45) is 7.60. The molecule has 0 aromatic carbocycles. The highest BCUT2D eigenvalue weighted by atomic mass is 16.5. The lowest BCUT2D eigenvalue weighted by Crippen LogP contribution is -2.44. The molecule has 3 heteroatoms. The molecule has 16 heavy (non-hydrogen) atoms. The van der Waals surface area contributed by atoms with Crippen molar-refractivity contribution in [1.29, 1.82) is 0 Å². The molecule has 2 aliphatic rings. The Bertz CT molecular complexity index is 255. The molecule has 0 amide bonds. The van der Waals surface area contributed by atoms with Gasteiger partial charge in [0, 0.05) is 6.54 Å². The van der Waals surface area contributed by atoms with Crippen LogP contribution in [0.4, 0.5) is 0 Å². The molecule has 92 valence electrons. The fourth-order valence-corrected chi connectivity index (χ4v) is 2.76. The number of nitrogens with one attached hydrogen (secondary N) is 1. The zero-order chi connectivity index (χ0) is 11.6. The molecule has 2 rings (SSSR count). The van der Waals surface area contributed by atoms with E-state index in [9.17, 15) is 4.79 Å². The van der Waals surface area contributed by atoms with Crippen molar-refractivity contribution in [3.63, 3.8) is 0 Å². The monoisotopic (exact) mass is 225 g/mol. The molecule has 0 aromatic heterocycles. The number of esters is 1. The third kappa shape index (κ3) is 2.76. The Labute approximate surface area is 97.9 Å². The molecule has 1 N–H and O–H groups in total. The number of carbonyl (C=O) groups excluding carboxylic acids is 1. The van der Waals surface area contributed by atoms with Crippen LogP contribution in [-0.2, 0) is 9.53 Å². The van der Waals surface area contributed by atoms with E-state index in [1.807, 2.05) is 0 Å². The van der Waals surface area contributed by atoms with Crippen molar-refractivity contribution < 1.29 is 9.53 Å². The number of rotatable bonds is 5. The second-order valence-electron chi connectivity index (χ2n) is 5.74. The first-order chi connectivity index (χ1) is 7.64. The van der Waals surface area contributed by atoms with Crippen molar-refractivity contribution in [1.82, 2.24) is 5.32 Å². The van der Waals surface area contributed by atoms with E-state index in [-0.39, 0.29) is 12.0 Å². The van der Waals surface area contributed by atoms with Gasteiger partial charge in [-0.05, 0) is 37.0 Å². The van der Waals surface area contributed by atoms with Crippen LogP contribution >= 0.6 is 0 Å². The highest BCUT2D eigenvalue weighted by Gasteiger charge is 2.38. The molecular weight excluding hydrogens is 202 g/mol. The Hall–Kier alpha value is -0.570. The second kappa shape index (κ2) is 4.74. The van der Waals surface area contributed by atoms with Gasteiger partial charge >= 0.3 is 5.97 Å². The van der Waals surface area contributed by atoms with Crippen LogP contribution in [0.2, 0.25) is 0 Å². The van der Waals surface area contributed by atoms with Crippen molar-refractivity contribution in [3.8, 4) is 0 Å². The maximum absolute atomic E-state index is 11.6. The smallest absolute Gasteiger partial charge is 0.323 e. The van der Waals surface area contributed by atoms with E-state index >= 15 is 0 Å². The fourth-order valence-electron chi connectivity index (χ4n) is 2.76. The summed E-state index contributed by atoms with van der Waals surface area (Å²) in [5.41, 5.74) is 0.404. The van der Waals surface area contributed by atoms with Gasteiger partial charge in [0.2, 0.25) is 0 Å². The van der Waals surface area contributed by atoms with Crippen molar-refractivity contribution in [3.05, 3.63) is 0 Å². The predicted octanol–water partition coefficient (Wildman–Crippen LogP) is 2.11. The molecule has 0 aliphatic heterocycles. The predicted molar refractivity (Wildman–Crippen MR) is 63.1 cm³/mol. The molecule has 0 saturated heterocycles. The molecule has 1 unspecified atom stereocenters. The minimum atomic E-state index is -0.0795. The van der Waals surface area contributed by atoms with Crippen molar-refractivity contribution in [2.24, 2.45) is 11.3 Å². The van der Waals surface area contributed by atoms with Gasteiger partial charge in [-0.1, -0.05) is 19.8 Å². The average molecular weight is 225 g/mol. The highest BCUT2D eigenvalue weighted by Crippen LogP contribution is 2.38. The number of hydrogen-bond acceptors (Lipinski definition) is 3. The quantitative estimate of drug-likeness (QED) is 0.728. The lowest BCUT2D eigenvalue weighted by Gasteiger charge is -2.26. The van der Waals surface area contributed by atoms with Gasteiger partial charge in [-0.15, -0.1) is 0 Å². The normalized spacial score (nSPS) is 25.4. The second-order valence-corrected chi connectivity index (χ2v) is 5.74. The van der Waals surface area contributed by atoms with Crippen LogP contribution in [0.1, 0.15) is 45.4 Å². The molecule has 0 aromatic rings. The summed E-state index contributed by atoms with van der Waals surface area (Å²) in [6, 6.07) is -0.0533. The summed E-state index contributed by atoms with van der Waals surface area (Å²) in [4.78, 5) is 11.6. The van der Waals surface area contributed by atoms with Gasteiger partial charge in [-0.25, -0.2) is 0 Å². The first-order valence-electron chi connectivity index (χ1n) is 6.46. The summed E-state index contributed by atoms with van der Waals surface area (Å²) in [6.45, 7) is 3.29. The van der Waals surface area contributed by atoms with E-state index in [0.717, 1.165) is 6.54 Å². The maximum Gasteiger partial charge on any atom is 0.323 e. The van der Waals surface area contributed by atoms with E-state index < -0.39 is 0 Å². The van der Waals surface area contributed by atoms with Crippen LogP contribution in [0.15, 0.2) is 0 Å². The molecule has 1 atom stereocenters. The Morgan fingerprint density at radius 1 is 1.44 bits per heavy atom. The number of ether oxygens (including phenoxy) is 1. The van der Waals surface area contributed by atoms with Crippen LogP contribution in [0.3, 0.4) is 0 Å². The topological polar surface area (TPSA) is 38.3 Å². The first-order valence-corrected chi connectivity index (χ1v) is 6.46. The molecule has 2 aliphatic carbocycles. The summed E-state index contributed by atoms with van der Waals surface area (Å²) in [5.74, 6) is 0.446. The van der Waals surface area contributed by atoms with Gasteiger partial charge in [0.1, 0.15) is 6.04 Å². The van der Waals surface area contributed by atoms with Crippen LogP contribution in [-0.4, -0.2) is 25.7 Å². The Morgan fingerprint density at radius 2 is 2.06 bits per heavy atom. The van der Waals surface area contributed by atoms with Gasteiger partial charge in [-0.3, -0.25) is 4.79 Å². The van der Waals surface area contributed by atoms with Crippen LogP contribution in [0, 0.1) is 11.3 Å². The van der Waals surface area contributed by atoms with Crippen LogP contribution < -0.4 is 5.32 Å². The van der Waals surface area contributed by atoms with E-state index in [4.69, 9.17) is 4.74 Å². The molecule has 0 spiro atoms. The van der Waals surface area contributed by atoms with E-state index in [1.165, 1.54) is 45.6 Å². The number of hydrogen-bond donors (Lipinski definition) is 1. The summed E-state index contributed by atoms with van der Waals surface area (Å²) >= 11 is 0. The molecule has 2 saturated carbocycles. The minimum Gasteiger partial charge on any atom is -0.468 e. The van der Waals surface area contributed by atoms with Crippen molar-refractivity contribution in [2.45, 2.75) is 51.5 Å². The van der Waals surface area contributed by atoms with Crippen molar-refractivity contribution >= 4 is 5.97 Å². The van der Waals surface area contributed by atoms with E-state index in [0.29, 0.717) is 11.3 Å². The van der Waals surface area contributed by atoms with Gasteiger partial charge in [-0.2, -0.15) is 0 Å². The van der Waals surface area contributed by atoms with Gasteiger partial charge in [0.05, 0.1) is 7.11 Å². The number of methoxy groups -OCH3 is 1. The first kappa shape index (κ1) is 11.9. The largest absolute Gasteiger partial charge is 0.468 e. The summed E-state index contributed by atoms with van der Waals surface area (Å²) in [5, 5.41) is 3.44. The zero-order valence-electron chi connectivity index (χ0n) is 10.4. The average Bonchev–Trinajstić information content (AvgIpc) is 3.01. The van der Waals surface area contributed by atoms with Crippen molar-refractivity contribution in [2.75, 3.05) is 13.7 Å². The number of carbonyl (C=O) groups is 1. The molecule has 0 heterocycles. The summed E-state index contributed by atoms with van der Waals surface area (Å²) < 4.78 is 4.86. The standard InChI is InChI=1S/C13H23NO2/c1-13(7-3-4-8-13)9-14-11(10-5-6-10)12(15)16-2/h10-11,14H,3-9H2,1-2H3. The lowest BCUT2D eigenvalue weighted by molar-refractivity contribution is -0.143. The van der Waals surface area contributed by atoms with E-state index in [1.54, 1.807) is 0 Å². The molecule has 3 nitrogen and oxygen atoms in total. The van der Waals surface area contributed by atoms with Gasteiger partial charge in [0.15, 0.2) is 0 Å².